The summed E-state index contributed by atoms with van der Waals surface area (Å²) in [4.78, 5) is 25.0. The second-order valence-corrected chi connectivity index (χ2v) is 4.58. The molecule has 1 aliphatic rings. The van der Waals surface area contributed by atoms with E-state index >= 15 is 0 Å². The third kappa shape index (κ3) is 3.04. The van der Waals surface area contributed by atoms with Gasteiger partial charge in [0.15, 0.2) is 0 Å². The van der Waals surface area contributed by atoms with Crippen molar-refractivity contribution in [1.29, 1.82) is 0 Å². The SMILES string of the molecule is CCCC(C)CN1C(=O)CNC(CC)C1=O. The van der Waals surface area contributed by atoms with Crippen molar-refractivity contribution in [2.45, 2.75) is 46.1 Å². The fourth-order valence-electron chi connectivity index (χ4n) is 2.11. The molecule has 0 aliphatic carbocycles. The summed E-state index contributed by atoms with van der Waals surface area (Å²) in [6.07, 6.45) is 2.89. The van der Waals surface area contributed by atoms with E-state index in [9.17, 15) is 9.59 Å². The number of hydrogen-bond acceptors (Lipinski definition) is 3. The molecule has 1 fully saturated rings. The summed E-state index contributed by atoms with van der Waals surface area (Å²) < 4.78 is 0. The van der Waals surface area contributed by atoms with Crippen LogP contribution < -0.4 is 5.32 Å². The van der Waals surface area contributed by atoms with Crippen LogP contribution in [0.3, 0.4) is 0 Å². The van der Waals surface area contributed by atoms with E-state index in [0.717, 1.165) is 19.3 Å². The largest absolute Gasteiger partial charge is 0.297 e. The summed E-state index contributed by atoms with van der Waals surface area (Å²) >= 11 is 0. The molecule has 0 aromatic carbocycles. The second kappa shape index (κ2) is 5.99. The first kappa shape index (κ1) is 13.2. The normalized spacial score (nSPS) is 23.7. The Labute approximate surface area is 97.4 Å². The number of carbonyl (C=O) groups excluding carboxylic acids is 2. The van der Waals surface area contributed by atoms with Crippen LogP contribution in [0.5, 0.6) is 0 Å². The maximum atomic E-state index is 11.9. The maximum Gasteiger partial charge on any atom is 0.246 e. The smallest absolute Gasteiger partial charge is 0.246 e. The van der Waals surface area contributed by atoms with Crippen LogP contribution in [0.25, 0.3) is 0 Å². The molecule has 0 aromatic rings. The van der Waals surface area contributed by atoms with Crippen molar-refractivity contribution in [3.63, 3.8) is 0 Å². The standard InChI is InChI=1S/C12H22N2O2/c1-4-6-9(3)8-14-11(15)7-13-10(5-2)12(14)16/h9-10,13H,4-8H2,1-3H3. The third-order valence-electron chi connectivity index (χ3n) is 3.05. The van der Waals surface area contributed by atoms with E-state index in [0.29, 0.717) is 19.0 Å². The zero-order valence-electron chi connectivity index (χ0n) is 10.5. The van der Waals surface area contributed by atoms with Crippen molar-refractivity contribution in [3.8, 4) is 0 Å². The van der Waals surface area contributed by atoms with E-state index in [2.05, 4.69) is 19.2 Å². The molecule has 0 spiro atoms. The van der Waals surface area contributed by atoms with Crippen LogP contribution in [-0.4, -0.2) is 35.8 Å². The van der Waals surface area contributed by atoms with Gasteiger partial charge in [0, 0.05) is 6.54 Å². The van der Waals surface area contributed by atoms with E-state index in [-0.39, 0.29) is 17.9 Å². The van der Waals surface area contributed by atoms with Crippen LogP contribution in [0.1, 0.15) is 40.0 Å². The minimum Gasteiger partial charge on any atom is -0.297 e. The first-order chi connectivity index (χ1) is 7.60. The van der Waals surface area contributed by atoms with Crippen molar-refractivity contribution in [1.82, 2.24) is 10.2 Å². The summed E-state index contributed by atoms with van der Waals surface area (Å²) in [6, 6.07) is -0.175. The molecule has 2 unspecified atom stereocenters. The van der Waals surface area contributed by atoms with E-state index in [4.69, 9.17) is 0 Å². The molecule has 0 bridgehead atoms. The van der Waals surface area contributed by atoms with Gasteiger partial charge in [-0.15, -0.1) is 0 Å². The molecule has 1 saturated heterocycles. The average molecular weight is 226 g/mol. The number of carbonyl (C=O) groups is 2. The predicted molar refractivity (Wildman–Crippen MR) is 62.9 cm³/mol. The first-order valence-corrected chi connectivity index (χ1v) is 6.17. The highest BCUT2D eigenvalue weighted by Gasteiger charge is 2.33. The van der Waals surface area contributed by atoms with Crippen LogP contribution in [-0.2, 0) is 9.59 Å². The number of hydrogen-bond donors (Lipinski definition) is 1. The van der Waals surface area contributed by atoms with Crippen molar-refractivity contribution < 1.29 is 9.59 Å². The average Bonchev–Trinajstić information content (AvgIpc) is 2.25. The molecule has 16 heavy (non-hydrogen) atoms. The summed E-state index contributed by atoms with van der Waals surface area (Å²) in [5.41, 5.74) is 0. The Kier molecular flexibility index (Phi) is 4.93. The number of rotatable bonds is 5. The summed E-state index contributed by atoms with van der Waals surface area (Å²) in [7, 11) is 0. The molecular weight excluding hydrogens is 204 g/mol. The second-order valence-electron chi connectivity index (χ2n) is 4.58. The van der Waals surface area contributed by atoms with Crippen LogP contribution >= 0.6 is 0 Å². The Morgan fingerprint density at radius 3 is 2.69 bits per heavy atom. The molecular formula is C12H22N2O2. The molecule has 1 aliphatic heterocycles. The van der Waals surface area contributed by atoms with Crippen LogP contribution in [0.2, 0.25) is 0 Å². The van der Waals surface area contributed by atoms with Gasteiger partial charge in [-0.25, -0.2) is 0 Å². The molecule has 1 heterocycles. The minimum atomic E-state index is -0.175. The van der Waals surface area contributed by atoms with Crippen LogP contribution in [0, 0.1) is 5.92 Å². The lowest BCUT2D eigenvalue weighted by Crippen LogP contribution is -2.58. The number of imide groups is 1. The van der Waals surface area contributed by atoms with Gasteiger partial charge in [0.25, 0.3) is 0 Å². The number of nitrogens with zero attached hydrogens (tertiary/aromatic N) is 1. The minimum absolute atomic E-state index is 0.0540. The fraction of sp³-hybridized carbons (Fsp3) is 0.833. The van der Waals surface area contributed by atoms with Gasteiger partial charge >= 0.3 is 0 Å². The molecule has 1 N–H and O–H groups in total. The van der Waals surface area contributed by atoms with Crippen molar-refractivity contribution >= 4 is 11.8 Å². The zero-order valence-corrected chi connectivity index (χ0v) is 10.5. The lowest BCUT2D eigenvalue weighted by atomic mass is 10.0. The molecule has 2 atom stereocenters. The topological polar surface area (TPSA) is 49.4 Å². The van der Waals surface area contributed by atoms with E-state index in [1.165, 1.54) is 4.90 Å². The zero-order chi connectivity index (χ0) is 12.1. The van der Waals surface area contributed by atoms with Gasteiger partial charge in [-0.3, -0.25) is 19.8 Å². The Bertz CT molecular complexity index is 266. The summed E-state index contributed by atoms with van der Waals surface area (Å²) in [5, 5.41) is 2.96. The van der Waals surface area contributed by atoms with E-state index < -0.39 is 0 Å². The number of piperazine rings is 1. The molecule has 92 valence electrons. The Morgan fingerprint density at radius 2 is 2.12 bits per heavy atom. The Balaban J connectivity index is 2.60. The Morgan fingerprint density at radius 1 is 1.44 bits per heavy atom. The fourth-order valence-corrected chi connectivity index (χ4v) is 2.11. The number of amides is 2. The number of nitrogens with one attached hydrogen (secondary N) is 1. The van der Waals surface area contributed by atoms with Gasteiger partial charge < -0.3 is 0 Å². The highest BCUT2D eigenvalue weighted by atomic mass is 16.2. The highest BCUT2D eigenvalue weighted by molar-refractivity contribution is 6.01. The van der Waals surface area contributed by atoms with Crippen LogP contribution in [0.4, 0.5) is 0 Å². The van der Waals surface area contributed by atoms with Gasteiger partial charge in [-0.05, 0) is 18.8 Å². The molecule has 0 saturated carbocycles. The molecule has 4 heteroatoms. The maximum absolute atomic E-state index is 11.9. The van der Waals surface area contributed by atoms with E-state index in [1.807, 2.05) is 6.92 Å². The van der Waals surface area contributed by atoms with Gasteiger partial charge in [0.2, 0.25) is 11.8 Å². The lowest BCUT2D eigenvalue weighted by Gasteiger charge is -2.32. The first-order valence-electron chi connectivity index (χ1n) is 6.17. The molecule has 0 radical (unpaired) electrons. The Hall–Kier alpha value is -0.900. The summed E-state index contributed by atoms with van der Waals surface area (Å²) in [6.45, 7) is 7.03. The van der Waals surface area contributed by atoms with Crippen LogP contribution in [0.15, 0.2) is 0 Å². The molecule has 4 nitrogen and oxygen atoms in total. The van der Waals surface area contributed by atoms with Gasteiger partial charge in [0.05, 0.1) is 12.6 Å². The quantitative estimate of drug-likeness (QED) is 0.716. The van der Waals surface area contributed by atoms with Crippen molar-refractivity contribution in [2.75, 3.05) is 13.1 Å². The van der Waals surface area contributed by atoms with Gasteiger partial charge in [0.1, 0.15) is 0 Å². The van der Waals surface area contributed by atoms with Gasteiger partial charge in [-0.2, -0.15) is 0 Å². The molecule has 2 amide bonds. The lowest BCUT2D eigenvalue weighted by molar-refractivity contribution is -0.150. The van der Waals surface area contributed by atoms with E-state index in [1.54, 1.807) is 0 Å². The van der Waals surface area contributed by atoms with Crippen molar-refractivity contribution in [3.05, 3.63) is 0 Å². The monoisotopic (exact) mass is 226 g/mol. The predicted octanol–water partition coefficient (Wildman–Crippen LogP) is 1.16. The molecule has 1 rings (SSSR count). The summed E-state index contributed by atoms with van der Waals surface area (Å²) in [5.74, 6) is 0.257. The third-order valence-corrected chi connectivity index (χ3v) is 3.05. The highest BCUT2D eigenvalue weighted by Crippen LogP contribution is 2.12. The van der Waals surface area contributed by atoms with Gasteiger partial charge in [-0.1, -0.05) is 27.2 Å². The molecule has 0 aromatic heterocycles. The van der Waals surface area contributed by atoms with Crippen molar-refractivity contribution in [2.24, 2.45) is 5.92 Å².